The summed E-state index contributed by atoms with van der Waals surface area (Å²) in [5, 5.41) is 62.4. The molecule has 15 heteroatoms. The molecule has 12 nitrogen and oxygen atoms in total. The molecule has 9 N–H and O–H groups in total. The highest BCUT2D eigenvalue weighted by Gasteiger charge is 2.31. The summed E-state index contributed by atoms with van der Waals surface area (Å²) < 4.78 is -0.125. The van der Waals surface area contributed by atoms with E-state index < -0.39 is 55.9 Å². The summed E-state index contributed by atoms with van der Waals surface area (Å²) in [4.78, 5) is 38.4. The van der Waals surface area contributed by atoms with E-state index in [1.807, 2.05) is 0 Å². The maximum atomic E-state index is 12.8. The third-order valence-electron chi connectivity index (χ3n) is 4.13. The minimum Gasteiger partial charge on any atom is -0.394 e. The summed E-state index contributed by atoms with van der Waals surface area (Å²) >= 11 is 9.54. The van der Waals surface area contributed by atoms with E-state index in [1.165, 1.54) is 0 Å². The van der Waals surface area contributed by atoms with Crippen molar-refractivity contribution in [3.05, 3.63) is 30.1 Å². The number of benzene rings is 1. The first-order valence-electron chi connectivity index (χ1n) is 9.41. The first-order chi connectivity index (χ1) is 15.5. The largest absolute Gasteiger partial charge is 0.394 e. The molecule has 0 saturated carbocycles. The van der Waals surface area contributed by atoms with E-state index in [4.69, 9.17) is 15.3 Å². The van der Waals surface area contributed by atoms with Gasteiger partial charge in [0.1, 0.15) is 0 Å². The van der Waals surface area contributed by atoms with Crippen LogP contribution >= 0.6 is 47.8 Å². The van der Waals surface area contributed by atoms with E-state index in [0.29, 0.717) is 0 Å². The molecular weight excluding hydrogens is 642 g/mol. The molecule has 0 saturated heterocycles. The van der Waals surface area contributed by atoms with Gasteiger partial charge < -0.3 is 46.6 Å². The third-order valence-corrected chi connectivity index (χ3v) is 6.50. The molecule has 0 aliphatic carbocycles. The molecular formula is C18H24Br3N3O9. The standard InChI is InChI=1S/C18H24Br3N3O9/c19-13-10(16(31)22-1-7(28)4-25)14(20)12(18(33)24-3-9(30)6-27)15(21)11(13)17(32)23-2-8(29)5-26/h7-9,25-30H,1-6H2,(H,22,31)(H,23,32)(H,24,33). The molecule has 3 unspecified atom stereocenters. The van der Waals surface area contributed by atoms with Gasteiger partial charge in [-0.1, -0.05) is 0 Å². The minimum atomic E-state index is -1.24. The zero-order chi connectivity index (χ0) is 25.3. The Kier molecular flexibility index (Phi) is 12.9. The summed E-state index contributed by atoms with van der Waals surface area (Å²) in [6.07, 6.45) is -3.73. The number of nitrogens with one attached hydrogen (secondary N) is 3. The monoisotopic (exact) mass is 663 g/mol. The van der Waals surface area contributed by atoms with Crippen LogP contribution in [0.25, 0.3) is 0 Å². The van der Waals surface area contributed by atoms with Crippen molar-refractivity contribution in [2.24, 2.45) is 0 Å². The van der Waals surface area contributed by atoms with E-state index in [2.05, 4.69) is 63.7 Å². The number of aliphatic hydroxyl groups is 6. The van der Waals surface area contributed by atoms with Crippen LogP contribution in [0.2, 0.25) is 0 Å². The molecule has 1 aromatic carbocycles. The molecule has 0 aliphatic rings. The summed E-state index contributed by atoms with van der Waals surface area (Å²) in [7, 11) is 0. The van der Waals surface area contributed by atoms with Crippen molar-refractivity contribution >= 4 is 65.5 Å². The van der Waals surface area contributed by atoms with Gasteiger partial charge in [-0.15, -0.1) is 0 Å². The Balaban J connectivity index is 3.52. The SMILES string of the molecule is O=C(NCC(O)CO)c1c(Br)c(C(=O)NCC(O)CO)c(Br)c(C(=O)NCC(O)CO)c1Br. The van der Waals surface area contributed by atoms with Gasteiger partial charge >= 0.3 is 0 Å². The summed E-state index contributed by atoms with van der Waals surface area (Å²) in [6, 6.07) is 0. The highest BCUT2D eigenvalue weighted by molar-refractivity contribution is 9.11. The van der Waals surface area contributed by atoms with E-state index in [9.17, 15) is 29.7 Å². The molecule has 3 atom stereocenters. The molecule has 0 heterocycles. The number of carbonyl (C=O) groups excluding carboxylic acids is 3. The molecule has 0 aromatic heterocycles. The van der Waals surface area contributed by atoms with Crippen LogP contribution in [-0.4, -0.2) is 106 Å². The Bertz CT molecular complexity index is 742. The molecule has 1 aromatic rings. The van der Waals surface area contributed by atoms with Gasteiger partial charge in [0.2, 0.25) is 0 Å². The zero-order valence-corrected chi connectivity index (χ0v) is 21.8. The fraction of sp³-hybridized carbons (Fsp3) is 0.500. The number of rotatable bonds is 12. The van der Waals surface area contributed by atoms with Crippen LogP contribution in [0.1, 0.15) is 31.1 Å². The fourth-order valence-electron chi connectivity index (χ4n) is 2.35. The molecule has 186 valence electrons. The summed E-state index contributed by atoms with van der Waals surface area (Å²) in [6.45, 7) is -2.78. The van der Waals surface area contributed by atoms with Crippen molar-refractivity contribution in [2.45, 2.75) is 18.3 Å². The number of hydrogen-bond donors (Lipinski definition) is 9. The van der Waals surface area contributed by atoms with E-state index in [-0.39, 0.29) is 49.7 Å². The second kappa shape index (κ2) is 14.3. The summed E-state index contributed by atoms with van der Waals surface area (Å²) in [5.74, 6) is -2.41. The lowest BCUT2D eigenvalue weighted by Crippen LogP contribution is -2.37. The van der Waals surface area contributed by atoms with Crippen LogP contribution in [0.15, 0.2) is 13.4 Å². The highest BCUT2D eigenvalue weighted by Crippen LogP contribution is 2.39. The first-order valence-corrected chi connectivity index (χ1v) is 11.8. The van der Waals surface area contributed by atoms with Crippen LogP contribution in [0.5, 0.6) is 0 Å². The third kappa shape index (κ3) is 8.22. The van der Waals surface area contributed by atoms with E-state index in [0.717, 1.165) is 0 Å². The van der Waals surface area contributed by atoms with Gasteiger partial charge in [0, 0.05) is 33.1 Å². The minimum absolute atomic E-state index is 0.0415. The van der Waals surface area contributed by atoms with Crippen LogP contribution in [0.3, 0.4) is 0 Å². The molecule has 0 bridgehead atoms. The van der Waals surface area contributed by atoms with Crippen molar-refractivity contribution in [3.8, 4) is 0 Å². The lowest BCUT2D eigenvalue weighted by Gasteiger charge is -2.20. The smallest absolute Gasteiger partial charge is 0.253 e. The van der Waals surface area contributed by atoms with Crippen LogP contribution in [0, 0.1) is 0 Å². The van der Waals surface area contributed by atoms with Gasteiger partial charge in [0.25, 0.3) is 17.7 Å². The number of amides is 3. The molecule has 0 spiro atoms. The maximum Gasteiger partial charge on any atom is 0.253 e. The Labute approximate surface area is 213 Å². The van der Waals surface area contributed by atoms with Gasteiger partial charge in [-0.05, 0) is 47.8 Å². The molecule has 3 amide bonds. The fourth-order valence-corrected chi connectivity index (χ4v) is 5.42. The number of aliphatic hydroxyl groups excluding tert-OH is 6. The van der Waals surface area contributed by atoms with Crippen LogP contribution in [0.4, 0.5) is 0 Å². The molecule has 0 fully saturated rings. The molecule has 0 aliphatic heterocycles. The van der Waals surface area contributed by atoms with Crippen molar-refractivity contribution in [3.63, 3.8) is 0 Å². The van der Waals surface area contributed by atoms with Crippen molar-refractivity contribution in [1.29, 1.82) is 0 Å². The van der Waals surface area contributed by atoms with Gasteiger partial charge in [-0.2, -0.15) is 0 Å². The quantitative estimate of drug-likeness (QED) is 0.124. The maximum absolute atomic E-state index is 12.8. The number of carbonyl (C=O) groups is 3. The highest BCUT2D eigenvalue weighted by atomic mass is 79.9. The lowest BCUT2D eigenvalue weighted by molar-refractivity contribution is 0.0796. The van der Waals surface area contributed by atoms with Gasteiger partial charge in [0.05, 0.1) is 54.8 Å². The van der Waals surface area contributed by atoms with Crippen molar-refractivity contribution in [2.75, 3.05) is 39.5 Å². The average Bonchev–Trinajstić information content (AvgIpc) is 2.78. The van der Waals surface area contributed by atoms with Crippen LogP contribution < -0.4 is 16.0 Å². The predicted octanol–water partition coefficient (Wildman–Crippen LogP) is -1.78. The predicted molar refractivity (Wildman–Crippen MR) is 126 cm³/mol. The van der Waals surface area contributed by atoms with Crippen LogP contribution in [-0.2, 0) is 0 Å². The lowest BCUT2D eigenvalue weighted by atomic mass is 10.0. The van der Waals surface area contributed by atoms with Gasteiger partial charge in [0.15, 0.2) is 0 Å². The van der Waals surface area contributed by atoms with Crippen molar-refractivity contribution in [1.82, 2.24) is 16.0 Å². The molecule has 0 radical (unpaired) electrons. The second-order valence-electron chi connectivity index (χ2n) is 6.71. The topological polar surface area (TPSA) is 209 Å². The Hall–Kier alpha value is -1.17. The average molecular weight is 666 g/mol. The van der Waals surface area contributed by atoms with Crippen molar-refractivity contribution < 1.29 is 45.0 Å². The van der Waals surface area contributed by atoms with Gasteiger partial charge in [-0.3, -0.25) is 14.4 Å². The molecule has 33 heavy (non-hydrogen) atoms. The first kappa shape index (κ1) is 29.9. The van der Waals surface area contributed by atoms with E-state index in [1.54, 1.807) is 0 Å². The molecule has 1 rings (SSSR count). The van der Waals surface area contributed by atoms with Gasteiger partial charge in [-0.25, -0.2) is 0 Å². The Morgan fingerprint density at radius 2 is 0.788 bits per heavy atom. The normalized spacial score (nSPS) is 13.7. The Morgan fingerprint density at radius 3 is 0.970 bits per heavy atom. The summed E-state index contributed by atoms with van der Waals surface area (Å²) in [5.41, 5.74) is -0.572. The zero-order valence-electron chi connectivity index (χ0n) is 17.0. The van der Waals surface area contributed by atoms with E-state index >= 15 is 0 Å². The Morgan fingerprint density at radius 1 is 0.576 bits per heavy atom. The second-order valence-corrected chi connectivity index (χ2v) is 9.09. The number of hydrogen-bond acceptors (Lipinski definition) is 9. The number of halogens is 3.